The third kappa shape index (κ3) is 3.85. The standard InChI is InChI=1S/C16H26N2O/c1-5-19-15-14(7-6-8-17-15)18-13-9-12(2)10-16(3,4)11-13/h6-8,12-13,18H,5,9-11H2,1-4H3. The van der Waals surface area contributed by atoms with Gasteiger partial charge < -0.3 is 10.1 Å². The van der Waals surface area contributed by atoms with Gasteiger partial charge in [0.2, 0.25) is 5.88 Å². The molecule has 1 aromatic heterocycles. The smallest absolute Gasteiger partial charge is 0.237 e. The molecule has 3 heteroatoms. The Hall–Kier alpha value is -1.25. The van der Waals surface area contributed by atoms with Gasteiger partial charge >= 0.3 is 0 Å². The van der Waals surface area contributed by atoms with E-state index in [2.05, 4.69) is 37.1 Å². The van der Waals surface area contributed by atoms with E-state index in [4.69, 9.17) is 4.74 Å². The molecule has 1 saturated carbocycles. The maximum absolute atomic E-state index is 5.58. The molecule has 2 rings (SSSR count). The second kappa shape index (κ2) is 5.81. The van der Waals surface area contributed by atoms with Crippen LogP contribution in [0.2, 0.25) is 0 Å². The van der Waals surface area contributed by atoms with Gasteiger partial charge in [0.15, 0.2) is 0 Å². The highest BCUT2D eigenvalue weighted by Gasteiger charge is 2.32. The predicted molar refractivity (Wildman–Crippen MR) is 79.6 cm³/mol. The maximum atomic E-state index is 5.58. The van der Waals surface area contributed by atoms with E-state index in [1.54, 1.807) is 6.20 Å². The highest BCUT2D eigenvalue weighted by atomic mass is 16.5. The number of pyridine rings is 1. The van der Waals surface area contributed by atoms with Crippen molar-refractivity contribution in [1.29, 1.82) is 0 Å². The van der Waals surface area contributed by atoms with Crippen molar-refractivity contribution in [3.05, 3.63) is 18.3 Å². The van der Waals surface area contributed by atoms with Crippen LogP contribution in [0.15, 0.2) is 18.3 Å². The molecule has 106 valence electrons. The molecule has 0 bridgehead atoms. The zero-order chi connectivity index (χ0) is 13.9. The summed E-state index contributed by atoms with van der Waals surface area (Å²) in [6, 6.07) is 4.54. The first-order valence-corrected chi connectivity index (χ1v) is 7.34. The topological polar surface area (TPSA) is 34.1 Å². The molecule has 1 aliphatic rings. The van der Waals surface area contributed by atoms with Crippen LogP contribution in [0.5, 0.6) is 5.88 Å². The van der Waals surface area contributed by atoms with E-state index in [9.17, 15) is 0 Å². The summed E-state index contributed by atoms with van der Waals surface area (Å²) in [4.78, 5) is 4.30. The van der Waals surface area contributed by atoms with Crippen molar-refractivity contribution in [3.63, 3.8) is 0 Å². The van der Waals surface area contributed by atoms with Gasteiger partial charge in [-0.15, -0.1) is 0 Å². The monoisotopic (exact) mass is 262 g/mol. The Morgan fingerprint density at radius 1 is 1.42 bits per heavy atom. The van der Waals surface area contributed by atoms with E-state index in [1.165, 1.54) is 19.3 Å². The summed E-state index contributed by atoms with van der Waals surface area (Å²) in [5.41, 5.74) is 1.45. The van der Waals surface area contributed by atoms with Gasteiger partial charge in [-0.05, 0) is 49.7 Å². The van der Waals surface area contributed by atoms with Crippen molar-refractivity contribution in [2.45, 2.75) is 53.0 Å². The first kappa shape index (κ1) is 14.2. The summed E-state index contributed by atoms with van der Waals surface area (Å²) in [7, 11) is 0. The van der Waals surface area contributed by atoms with Crippen LogP contribution in [0.3, 0.4) is 0 Å². The van der Waals surface area contributed by atoms with Crippen LogP contribution in [-0.2, 0) is 0 Å². The van der Waals surface area contributed by atoms with E-state index in [1.807, 2.05) is 13.0 Å². The van der Waals surface area contributed by atoms with Crippen LogP contribution in [0.1, 0.15) is 47.0 Å². The number of ether oxygens (including phenoxy) is 1. The Morgan fingerprint density at radius 3 is 2.89 bits per heavy atom. The maximum Gasteiger partial charge on any atom is 0.237 e. The third-order valence-electron chi connectivity index (χ3n) is 3.80. The molecule has 1 N–H and O–H groups in total. The lowest BCUT2D eigenvalue weighted by molar-refractivity contribution is 0.177. The van der Waals surface area contributed by atoms with Crippen molar-refractivity contribution in [2.75, 3.05) is 11.9 Å². The van der Waals surface area contributed by atoms with Crippen LogP contribution >= 0.6 is 0 Å². The lowest BCUT2D eigenvalue weighted by Crippen LogP contribution is -2.35. The summed E-state index contributed by atoms with van der Waals surface area (Å²) in [5.74, 6) is 1.49. The van der Waals surface area contributed by atoms with Crippen molar-refractivity contribution in [3.8, 4) is 5.88 Å². The first-order valence-electron chi connectivity index (χ1n) is 7.34. The second-order valence-corrected chi connectivity index (χ2v) is 6.54. The molecule has 19 heavy (non-hydrogen) atoms. The zero-order valence-corrected chi connectivity index (χ0v) is 12.6. The Bertz CT molecular complexity index is 417. The number of aromatic nitrogens is 1. The normalized spacial score (nSPS) is 25.9. The summed E-state index contributed by atoms with van der Waals surface area (Å²) >= 11 is 0. The molecule has 2 unspecified atom stereocenters. The van der Waals surface area contributed by atoms with Gasteiger partial charge in [0.05, 0.1) is 12.3 Å². The van der Waals surface area contributed by atoms with Gasteiger partial charge in [0, 0.05) is 12.2 Å². The molecule has 3 nitrogen and oxygen atoms in total. The molecule has 1 aliphatic carbocycles. The fourth-order valence-corrected chi connectivity index (χ4v) is 3.43. The highest BCUT2D eigenvalue weighted by molar-refractivity contribution is 5.52. The fourth-order valence-electron chi connectivity index (χ4n) is 3.43. The Balaban J connectivity index is 2.08. The second-order valence-electron chi connectivity index (χ2n) is 6.54. The van der Waals surface area contributed by atoms with E-state index < -0.39 is 0 Å². The largest absolute Gasteiger partial charge is 0.476 e. The average molecular weight is 262 g/mol. The Kier molecular flexibility index (Phi) is 4.33. The lowest BCUT2D eigenvalue weighted by Gasteiger charge is -2.39. The van der Waals surface area contributed by atoms with Crippen LogP contribution < -0.4 is 10.1 Å². The summed E-state index contributed by atoms with van der Waals surface area (Å²) < 4.78 is 5.58. The van der Waals surface area contributed by atoms with E-state index in [-0.39, 0.29) is 0 Å². The van der Waals surface area contributed by atoms with Crippen LogP contribution in [0.25, 0.3) is 0 Å². The number of nitrogens with one attached hydrogen (secondary N) is 1. The molecule has 2 atom stereocenters. The van der Waals surface area contributed by atoms with Gasteiger partial charge in [0.1, 0.15) is 0 Å². The summed E-state index contributed by atoms with van der Waals surface area (Å²) in [5, 5.41) is 3.63. The zero-order valence-electron chi connectivity index (χ0n) is 12.6. The van der Waals surface area contributed by atoms with Gasteiger partial charge in [-0.25, -0.2) is 4.98 Å². The summed E-state index contributed by atoms with van der Waals surface area (Å²) in [6.07, 6.45) is 5.53. The average Bonchev–Trinajstić information content (AvgIpc) is 2.29. The number of rotatable bonds is 4. The van der Waals surface area contributed by atoms with Gasteiger partial charge in [-0.3, -0.25) is 0 Å². The molecule has 0 radical (unpaired) electrons. The van der Waals surface area contributed by atoms with Crippen LogP contribution in [-0.4, -0.2) is 17.6 Å². The molecule has 0 aliphatic heterocycles. The Labute approximate surface area is 116 Å². The fraction of sp³-hybridized carbons (Fsp3) is 0.688. The van der Waals surface area contributed by atoms with Crippen molar-refractivity contribution < 1.29 is 4.74 Å². The molecular formula is C16H26N2O. The Morgan fingerprint density at radius 2 is 2.21 bits per heavy atom. The number of anilines is 1. The van der Waals surface area contributed by atoms with Crippen LogP contribution in [0, 0.1) is 11.3 Å². The van der Waals surface area contributed by atoms with Gasteiger partial charge in [-0.1, -0.05) is 20.8 Å². The minimum absolute atomic E-state index is 0.420. The van der Waals surface area contributed by atoms with Crippen molar-refractivity contribution in [1.82, 2.24) is 4.98 Å². The number of nitrogens with zero attached hydrogens (tertiary/aromatic N) is 1. The van der Waals surface area contributed by atoms with E-state index in [0.717, 1.165) is 17.5 Å². The lowest BCUT2D eigenvalue weighted by atomic mass is 9.70. The molecule has 1 heterocycles. The van der Waals surface area contributed by atoms with Crippen LogP contribution in [0.4, 0.5) is 5.69 Å². The molecule has 0 spiro atoms. The molecule has 1 aromatic rings. The van der Waals surface area contributed by atoms with Gasteiger partial charge in [-0.2, -0.15) is 0 Å². The molecule has 0 saturated heterocycles. The van der Waals surface area contributed by atoms with Crippen molar-refractivity contribution >= 4 is 5.69 Å². The van der Waals surface area contributed by atoms with E-state index >= 15 is 0 Å². The van der Waals surface area contributed by atoms with Crippen molar-refractivity contribution in [2.24, 2.45) is 11.3 Å². The minimum atomic E-state index is 0.420. The SMILES string of the molecule is CCOc1ncccc1NC1CC(C)CC(C)(C)C1. The molecule has 0 aromatic carbocycles. The minimum Gasteiger partial charge on any atom is -0.476 e. The summed E-state index contributed by atoms with van der Waals surface area (Å²) in [6.45, 7) is 9.72. The predicted octanol–water partition coefficient (Wildman–Crippen LogP) is 4.11. The molecular weight excluding hydrogens is 236 g/mol. The van der Waals surface area contributed by atoms with Gasteiger partial charge in [0.25, 0.3) is 0 Å². The number of hydrogen-bond donors (Lipinski definition) is 1. The first-order chi connectivity index (χ1) is 9.00. The quantitative estimate of drug-likeness (QED) is 0.886. The number of hydrogen-bond acceptors (Lipinski definition) is 3. The molecule has 0 amide bonds. The van der Waals surface area contributed by atoms with E-state index in [0.29, 0.717) is 18.1 Å². The highest BCUT2D eigenvalue weighted by Crippen LogP contribution is 2.40. The molecule has 1 fully saturated rings. The third-order valence-corrected chi connectivity index (χ3v) is 3.80.